The van der Waals surface area contributed by atoms with Crippen LogP contribution in [-0.4, -0.2) is 29.0 Å². The van der Waals surface area contributed by atoms with Crippen LogP contribution in [-0.2, 0) is 30.2 Å². The monoisotopic (exact) mass is 397 g/mol. The maximum Gasteiger partial charge on any atom is 0.433 e. The van der Waals surface area contributed by atoms with Gasteiger partial charge in [0.05, 0.1) is 0 Å². The van der Waals surface area contributed by atoms with Gasteiger partial charge in [0.2, 0.25) is 0 Å². The van der Waals surface area contributed by atoms with Gasteiger partial charge in [-0.15, -0.1) is 0 Å². The number of alkyl halides is 3. The molecule has 0 bridgehead atoms. The van der Waals surface area contributed by atoms with Crippen LogP contribution in [0.5, 0.6) is 5.75 Å². The third kappa shape index (κ3) is 4.96. The van der Waals surface area contributed by atoms with Crippen molar-refractivity contribution in [1.29, 1.82) is 0 Å². The van der Waals surface area contributed by atoms with Crippen LogP contribution in [0, 0.1) is 5.82 Å². The molecule has 0 spiro atoms. The highest BCUT2D eigenvalue weighted by Gasteiger charge is 2.37. The molecule has 2 aromatic rings. The Bertz CT molecular complexity index is 856. The van der Waals surface area contributed by atoms with E-state index in [1.54, 1.807) is 6.07 Å². The van der Waals surface area contributed by atoms with Crippen LogP contribution in [0.3, 0.4) is 0 Å². The maximum absolute atomic E-state index is 13.4. The molecule has 28 heavy (non-hydrogen) atoms. The van der Waals surface area contributed by atoms with Gasteiger partial charge >= 0.3 is 6.18 Å². The fraction of sp³-hybridized carbons (Fsp3) is 0.421. The Morgan fingerprint density at radius 3 is 2.64 bits per heavy atom. The predicted octanol–water partition coefficient (Wildman–Crippen LogP) is 3.25. The van der Waals surface area contributed by atoms with Crippen molar-refractivity contribution >= 4 is 5.91 Å². The molecule has 0 aliphatic heterocycles. The van der Waals surface area contributed by atoms with Gasteiger partial charge in [-0.05, 0) is 37.8 Å². The predicted molar refractivity (Wildman–Crippen MR) is 92.3 cm³/mol. The number of fused-ring (bicyclic) bond motifs is 1. The molecule has 1 aromatic carbocycles. The van der Waals surface area contributed by atoms with E-state index < -0.39 is 30.2 Å². The number of nitrogens with one attached hydrogen (secondary N) is 1. The second kappa shape index (κ2) is 8.53. The standard InChI is InChI=1S/C19H19F4N3O2/c20-13-6-2-4-8-15(13)28-11-17(27)24-10-9-16-25-14-7-3-1-5-12(14)18(26-16)19(21,22)23/h2,4,6,8H,1,3,5,7,9-11H2,(H,24,27). The lowest BCUT2D eigenvalue weighted by Gasteiger charge is -2.20. The summed E-state index contributed by atoms with van der Waals surface area (Å²) in [5.74, 6) is -1.11. The molecule has 5 nitrogen and oxygen atoms in total. The van der Waals surface area contributed by atoms with E-state index in [1.807, 2.05) is 0 Å². The summed E-state index contributed by atoms with van der Waals surface area (Å²) >= 11 is 0. The van der Waals surface area contributed by atoms with Crippen LogP contribution in [0.15, 0.2) is 24.3 Å². The van der Waals surface area contributed by atoms with Crippen molar-refractivity contribution in [3.05, 3.63) is 52.9 Å². The maximum atomic E-state index is 13.4. The van der Waals surface area contributed by atoms with Gasteiger partial charge in [0.15, 0.2) is 23.9 Å². The molecule has 0 fully saturated rings. The first-order valence-electron chi connectivity index (χ1n) is 8.94. The van der Waals surface area contributed by atoms with E-state index >= 15 is 0 Å². The Balaban J connectivity index is 1.57. The largest absolute Gasteiger partial charge is 0.481 e. The fourth-order valence-corrected chi connectivity index (χ4v) is 3.06. The summed E-state index contributed by atoms with van der Waals surface area (Å²) in [6, 6.07) is 5.67. The number of ether oxygens (including phenoxy) is 1. The van der Waals surface area contributed by atoms with E-state index in [1.165, 1.54) is 18.2 Å². The lowest BCUT2D eigenvalue weighted by Crippen LogP contribution is -2.31. The number of carbonyl (C=O) groups excluding carboxylic acids is 1. The van der Waals surface area contributed by atoms with E-state index in [4.69, 9.17) is 4.74 Å². The number of hydrogen-bond donors (Lipinski definition) is 1. The number of aromatic nitrogens is 2. The number of para-hydroxylation sites is 1. The van der Waals surface area contributed by atoms with Crippen LogP contribution < -0.4 is 10.1 Å². The molecule has 1 heterocycles. The Labute approximate surface area is 159 Å². The highest BCUT2D eigenvalue weighted by molar-refractivity contribution is 5.77. The molecule has 1 aliphatic rings. The molecule has 0 saturated heterocycles. The summed E-state index contributed by atoms with van der Waals surface area (Å²) < 4.78 is 58.4. The number of carbonyl (C=O) groups is 1. The normalized spacial score (nSPS) is 13.7. The number of nitrogens with zero attached hydrogens (tertiary/aromatic N) is 2. The van der Waals surface area contributed by atoms with Gasteiger partial charge in [-0.3, -0.25) is 4.79 Å². The average Bonchev–Trinajstić information content (AvgIpc) is 2.66. The summed E-state index contributed by atoms with van der Waals surface area (Å²) in [6.45, 7) is -0.352. The van der Waals surface area contributed by atoms with Crippen molar-refractivity contribution in [1.82, 2.24) is 15.3 Å². The molecule has 1 aliphatic carbocycles. The first-order valence-corrected chi connectivity index (χ1v) is 8.94. The van der Waals surface area contributed by atoms with Crippen molar-refractivity contribution in [2.24, 2.45) is 0 Å². The van der Waals surface area contributed by atoms with Gasteiger partial charge in [-0.1, -0.05) is 12.1 Å². The molecule has 3 rings (SSSR count). The fourth-order valence-electron chi connectivity index (χ4n) is 3.06. The smallest absolute Gasteiger partial charge is 0.433 e. The van der Waals surface area contributed by atoms with E-state index in [0.29, 0.717) is 25.0 Å². The summed E-state index contributed by atoms with van der Waals surface area (Å²) in [6.07, 6.45) is -2.16. The molecule has 1 N–H and O–H groups in total. The van der Waals surface area contributed by atoms with Crippen LogP contribution in [0.2, 0.25) is 0 Å². The number of rotatable bonds is 6. The lowest BCUT2D eigenvalue weighted by molar-refractivity contribution is -0.142. The van der Waals surface area contributed by atoms with Crippen LogP contribution in [0.1, 0.15) is 35.6 Å². The Morgan fingerprint density at radius 1 is 1.14 bits per heavy atom. The van der Waals surface area contributed by atoms with E-state index in [2.05, 4.69) is 15.3 Å². The van der Waals surface area contributed by atoms with Gasteiger partial charge in [-0.25, -0.2) is 14.4 Å². The average molecular weight is 397 g/mol. The van der Waals surface area contributed by atoms with E-state index in [0.717, 1.165) is 6.42 Å². The zero-order chi connectivity index (χ0) is 20.1. The minimum Gasteiger partial charge on any atom is -0.481 e. The van der Waals surface area contributed by atoms with Crippen LogP contribution in [0.4, 0.5) is 17.6 Å². The second-order valence-corrected chi connectivity index (χ2v) is 6.44. The second-order valence-electron chi connectivity index (χ2n) is 6.44. The van der Waals surface area contributed by atoms with Crippen molar-refractivity contribution in [3.8, 4) is 5.75 Å². The molecule has 0 radical (unpaired) electrons. The van der Waals surface area contributed by atoms with Gasteiger partial charge in [-0.2, -0.15) is 13.2 Å². The topological polar surface area (TPSA) is 64.1 Å². The molecule has 150 valence electrons. The third-order valence-corrected chi connectivity index (χ3v) is 4.36. The zero-order valence-corrected chi connectivity index (χ0v) is 15.0. The summed E-state index contributed by atoms with van der Waals surface area (Å²) in [7, 11) is 0. The molecule has 1 aromatic heterocycles. The Hall–Kier alpha value is -2.71. The van der Waals surface area contributed by atoms with Crippen LogP contribution >= 0.6 is 0 Å². The Morgan fingerprint density at radius 2 is 1.89 bits per heavy atom. The SMILES string of the molecule is O=C(COc1ccccc1F)NCCc1nc2c(c(C(F)(F)F)n1)CCCC2. The first kappa shape index (κ1) is 20.0. The van der Waals surface area contributed by atoms with E-state index in [9.17, 15) is 22.4 Å². The highest BCUT2D eigenvalue weighted by atomic mass is 19.4. The van der Waals surface area contributed by atoms with Gasteiger partial charge in [0.25, 0.3) is 5.91 Å². The summed E-state index contributed by atoms with van der Waals surface area (Å²) in [5.41, 5.74) is -0.246. The molecule has 1 amide bonds. The van der Waals surface area contributed by atoms with Crippen molar-refractivity contribution in [3.63, 3.8) is 0 Å². The molecule has 0 unspecified atom stereocenters. The zero-order valence-electron chi connectivity index (χ0n) is 15.0. The van der Waals surface area contributed by atoms with Crippen molar-refractivity contribution in [2.45, 2.75) is 38.3 Å². The van der Waals surface area contributed by atoms with Gasteiger partial charge in [0, 0.05) is 24.2 Å². The molecular weight excluding hydrogens is 378 g/mol. The number of aryl methyl sites for hydroxylation is 1. The van der Waals surface area contributed by atoms with Gasteiger partial charge < -0.3 is 10.1 Å². The molecule has 0 atom stereocenters. The van der Waals surface area contributed by atoms with Crippen molar-refractivity contribution in [2.75, 3.05) is 13.2 Å². The summed E-state index contributed by atoms with van der Waals surface area (Å²) in [4.78, 5) is 19.7. The third-order valence-electron chi connectivity index (χ3n) is 4.36. The van der Waals surface area contributed by atoms with Crippen molar-refractivity contribution < 1.29 is 27.1 Å². The minimum atomic E-state index is -4.53. The number of halogens is 4. The van der Waals surface area contributed by atoms with Crippen LogP contribution in [0.25, 0.3) is 0 Å². The number of amides is 1. The highest BCUT2D eigenvalue weighted by Crippen LogP contribution is 2.34. The first-order chi connectivity index (χ1) is 13.3. The van der Waals surface area contributed by atoms with Gasteiger partial charge in [0.1, 0.15) is 5.82 Å². The summed E-state index contributed by atoms with van der Waals surface area (Å²) in [5, 5.41) is 2.51. The molecular formula is C19H19F4N3O2. The van der Waals surface area contributed by atoms with E-state index in [-0.39, 0.29) is 30.1 Å². The molecule has 9 heteroatoms. The Kier molecular flexibility index (Phi) is 6.11. The number of benzene rings is 1. The molecule has 0 saturated carbocycles. The number of hydrogen-bond acceptors (Lipinski definition) is 4. The quantitative estimate of drug-likeness (QED) is 0.760. The minimum absolute atomic E-state index is 0.0447. The lowest BCUT2D eigenvalue weighted by atomic mass is 9.94.